The summed E-state index contributed by atoms with van der Waals surface area (Å²) in [6.45, 7) is 7.69. The van der Waals surface area contributed by atoms with Crippen LogP contribution >= 0.6 is 0 Å². The summed E-state index contributed by atoms with van der Waals surface area (Å²) in [4.78, 5) is 17.0. The third-order valence-corrected chi connectivity index (χ3v) is 11.1. The second-order valence-electron chi connectivity index (χ2n) is 14.9. The second kappa shape index (κ2) is 15.3. The fraction of sp³-hybridized carbons (Fsp3) is 0.0833. The number of hydrogen-bond donors (Lipinski definition) is 0. The van der Waals surface area contributed by atoms with Gasteiger partial charge in [-0.25, -0.2) is 9.97 Å². The molecule has 0 spiro atoms. The molecule has 0 aliphatic heterocycles. The number of alkyl halides is 12. The van der Waals surface area contributed by atoms with Crippen LogP contribution in [0.5, 0.6) is 0 Å². The van der Waals surface area contributed by atoms with E-state index in [0.717, 1.165) is 48.5 Å². The lowest BCUT2D eigenvalue weighted by molar-refractivity contribution is -0.138. The van der Waals surface area contributed by atoms with Gasteiger partial charge in [-0.3, -0.25) is 0 Å². The predicted octanol–water partition coefficient (Wildman–Crippen LogP) is 13.8. The van der Waals surface area contributed by atoms with E-state index in [4.69, 9.17) is 16.5 Å². The molecule has 0 aliphatic carbocycles. The maximum atomic E-state index is 13.6. The van der Waals surface area contributed by atoms with Gasteiger partial charge in [0.15, 0.2) is 5.36 Å². The fourth-order valence-electron chi connectivity index (χ4n) is 8.00. The molecule has 9 aromatic rings. The Bertz CT molecular complexity index is 3380. The molecule has 0 saturated heterocycles. The van der Waals surface area contributed by atoms with Crippen molar-refractivity contribution in [1.82, 2.24) is 9.97 Å². The first-order valence-electron chi connectivity index (χ1n) is 19.1. The summed E-state index contributed by atoms with van der Waals surface area (Å²) in [7, 11) is 0. The highest BCUT2D eigenvalue weighted by Gasteiger charge is 2.33. The molecule has 326 valence electrons. The molecule has 1 aromatic heterocycles. The van der Waals surface area contributed by atoms with E-state index in [1.165, 1.54) is 72.8 Å². The zero-order chi connectivity index (χ0) is 47.1. The number of aromatic nitrogens is 2. The fourth-order valence-corrected chi connectivity index (χ4v) is 8.00. The van der Waals surface area contributed by atoms with Gasteiger partial charge in [0.25, 0.3) is 0 Å². The molecule has 0 fully saturated rings. The van der Waals surface area contributed by atoms with Crippen molar-refractivity contribution in [3.63, 3.8) is 0 Å². The van der Waals surface area contributed by atoms with Crippen LogP contribution in [0.1, 0.15) is 22.3 Å². The van der Waals surface area contributed by atoms with Crippen LogP contribution in [0.4, 0.5) is 52.7 Å². The lowest BCUT2D eigenvalue weighted by atomic mass is 9.91. The Hall–Kier alpha value is -8.12. The first kappa shape index (κ1) is 43.1. The van der Waals surface area contributed by atoms with Crippen molar-refractivity contribution < 1.29 is 52.7 Å². The van der Waals surface area contributed by atoms with Crippen molar-refractivity contribution >= 4 is 43.6 Å². The monoisotopic (exact) mass is 908 g/mol. The maximum Gasteiger partial charge on any atom is 0.416 e. The normalized spacial score (nSPS) is 13.3. The minimum atomic E-state index is -4.69. The maximum absolute atomic E-state index is 13.6. The van der Waals surface area contributed by atoms with E-state index in [0.29, 0.717) is 0 Å². The lowest BCUT2D eigenvalue weighted by Gasteiger charge is -2.14. The van der Waals surface area contributed by atoms with Crippen LogP contribution in [0.15, 0.2) is 131 Å². The van der Waals surface area contributed by atoms with Crippen LogP contribution in [0.2, 0.25) is 0 Å². The molecule has 0 radical (unpaired) electrons. The molecule has 0 saturated carbocycles. The standard InChI is InChI=1S/C48H20F12N6/c1-62-66-42-38-21-34(26-8-16-30(17-9-26)48(58,59)60)33(25-6-14-29(15-7-25)47(55,56)57)20-37(38)41-44(42)65-40-36-19-32(24-4-12-28(13-5-24)46(52,53)54)31(18-35(36)39(63-22-61)43(40)64-41)23-2-10-27(11-3-23)45(49,50)51/h2-21H/b63-39+,66-42+. The molecule has 0 aliphatic rings. The Labute approximate surface area is 362 Å². The van der Waals surface area contributed by atoms with E-state index in [9.17, 15) is 57.9 Å². The number of benzene rings is 6. The molecule has 1 heterocycles. The molecule has 8 aromatic carbocycles. The molecular formula is C48H20F12N6. The number of halogens is 12. The summed E-state index contributed by atoms with van der Waals surface area (Å²) < 4.78 is 163. The van der Waals surface area contributed by atoms with Gasteiger partial charge in [0, 0.05) is 21.5 Å². The second-order valence-corrected chi connectivity index (χ2v) is 14.9. The number of nitrogens with zero attached hydrogens (tertiary/aromatic N) is 6. The van der Waals surface area contributed by atoms with Crippen molar-refractivity contribution in [2.75, 3.05) is 0 Å². The zero-order valence-electron chi connectivity index (χ0n) is 32.8. The Morgan fingerprint density at radius 3 is 0.955 bits per heavy atom. The van der Waals surface area contributed by atoms with E-state index < -0.39 is 47.0 Å². The van der Waals surface area contributed by atoms with Gasteiger partial charge in [-0.1, -0.05) is 48.5 Å². The summed E-state index contributed by atoms with van der Waals surface area (Å²) in [5.41, 5.74) is -1.84. The predicted molar refractivity (Wildman–Crippen MR) is 220 cm³/mol. The molecular weight excluding hydrogens is 889 g/mol. The average molecular weight is 909 g/mol. The van der Waals surface area contributed by atoms with Gasteiger partial charge in [0.1, 0.15) is 16.4 Å². The minimum absolute atomic E-state index is 0.00569. The third kappa shape index (κ3) is 7.49. The summed E-state index contributed by atoms with van der Waals surface area (Å²) >= 11 is 0. The first-order valence-corrected chi connectivity index (χ1v) is 19.1. The topological polar surface area (TPSA) is 78.6 Å². The van der Waals surface area contributed by atoms with Crippen molar-refractivity contribution in [2.45, 2.75) is 24.7 Å². The Morgan fingerprint density at radius 1 is 0.409 bits per heavy atom. The molecule has 6 nitrogen and oxygen atoms in total. The van der Waals surface area contributed by atoms with Gasteiger partial charge >= 0.3 is 24.7 Å². The number of fused-ring (bicyclic) bond motifs is 6. The highest BCUT2D eigenvalue weighted by atomic mass is 19.4. The van der Waals surface area contributed by atoms with E-state index >= 15 is 0 Å². The summed E-state index contributed by atoms with van der Waals surface area (Å²) in [5, 5.41) is 14.8. The van der Waals surface area contributed by atoms with Crippen LogP contribution in [-0.4, -0.2) is 9.97 Å². The SMILES string of the molecule is [C-]#[N+]/N=c1\c2cc(-c3ccc(C(F)(F)F)cc3)c(-c3ccc(C(F)(F)F)cc3)cc2c2nc3/c(=N/C#N)c4cc(-c5ccc(C(F)(F)F)cc5)c(-c5ccc(C(F)(F)F)cc5)cc4c3nc12. The largest absolute Gasteiger partial charge is 0.416 e. The van der Waals surface area contributed by atoms with E-state index in [2.05, 4.69) is 15.0 Å². The molecule has 66 heavy (non-hydrogen) atoms. The van der Waals surface area contributed by atoms with Gasteiger partial charge in [-0.2, -0.15) is 69.5 Å². The molecule has 18 heteroatoms. The zero-order valence-corrected chi connectivity index (χ0v) is 32.8. The third-order valence-electron chi connectivity index (χ3n) is 11.1. The van der Waals surface area contributed by atoms with E-state index in [1.54, 1.807) is 6.19 Å². The Kier molecular flexibility index (Phi) is 9.98. The highest BCUT2D eigenvalue weighted by molar-refractivity contribution is 6.17. The van der Waals surface area contributed by atoms with E-state index in [-0.39, 0.29) is 98.8 Å². The van der Waals surface area contributed by atoms with Crippen LogP contribution in [0, 0.1) is 18.0 Å². The van der Waals surface area contributed by atoms with Crippen LogP contribution in [0.3, 0.4) is 0 Å². The molecule has 0 bridgehead atoms. The van der Waals surface area contributed by atoms with Crippen LogP contribution in [-0.2, 0) is 24.7 Å². The Balaban J connectivity index is 1.36. The van der Waals surface area contributed by atoms with Crippen LogP contribution in [0.25, 0.3) is 93.1 Å². The molecule has 9 rings (SSSR count). The van der Waals surface area contributed by atoms with Gasteiger partial charge < -0.3 is 0 Å². The highest BCUT2D eigenvalue weighted by Crippen LogP contribution is 2.43. The van der Waals surface area contributed by atoms with Gasteiger partial charge in [-0.15, -0.1) is 4.95 Å². The quantitative estimate of drug-likeness (QED) is 0.0764. The van der Waals surface area contributed by atoms with Gasteiger partial charge in [0.05, 0.1) is 38.4 Å². The Morgan fingerprint density at radius 2 is 0.682 bits per heavy atom. The van der Waals surface area contributed by atoms with Gasteiger partial charge in [0.2, 0.25) is 6.19 Å². The number of hydrogen-bond acceptors (Lipinski definition) is 5. The van der Waals surface area contributed by atoms with Crippen molar-refractivity contribution in [2.24, 2.45) is 10.1 Å². The van der Waals surface area contributed by atoms with Crippen molar-refractivity contribution in [3.05, 3.63) is 166 Å². The molecule has 0 atom stereocenters. The number of nitriles is 1. The van der Waals surface area contributed by atoms with Crippen LogP contribution < -0.4 is 10.7 Å². The van der Waals surface area contributed by atoms with Crippen molar-refractivity contribution in [1.29, 1.82) is 5.26 Å². The summed E-state index contributed by atoms with van der Waals surface area (Å²) in [6.07, 6.45) is -17.0. The average Bonchev–Trinajstić information content (AvgIpc) is 3.73. The van der Waals surface area contributed by atoms with E-state index in [1.807, 2.05) is 0 Å². The molecule has 0 N–H and O–H groups in total. The molecule has 0 amide bonds. The molecule has 0 unspecified atom stereocenters. The summed E-state index contributed by atoms with van der Waals surface area (Å²) in [5.74, 6) is 0. The smallest absolute Gasteiger partial charge is 0.241 e. The van der Waals surface area contributed by atoms with Crippen molar-refractivity contribution in [3.8, 4) is 50.7 Å². The first-order chi connectivity index (χ1) is 31.1. The lowest BCUT2D eigenvalue weighted by Crippen LogP contribution is -2.04. The minimum Gasteiger partial charge on any atom is -0.241 e. The summed E-state index contributed by atoms with van der Waals surface area (Å²) in [6, 6.07) is 22.2. The number of rotatable bonds is 4. The van der Waals surface area contributed by atoms with Gasteiger partial charge in [-0.05, 0) is 117 Å².